The van der Waals surface area contributed by atoms with E-state index >= 15 is 0 Å². The molecule has 1 N–H and O–H groups in total. The molecule has 3 aromatic heterocycles. The van der Waals surface area contributed by atoms with Gasteiger partial charge in [0.05, 0.1) is 17.8 Å². The van der Waals surface area contributed by atoms with Gasteiger partial charge in [-0.15, -0.1) is 0 Å². The fourth-order valence-electron chi connectivity index (χ4n) is 2.14. The lowest BCUT2D eigenvalue weighted by Gasteiger charge is -2.02. The molecule has 0 atom stereocenters. The van der Waals surface area contributed by atoms with Gasteiger partial charge in [0.2, 0.25) is 0 Å². The van der Waals surface area contributed by atoms with Crippen LogP contribution in [0.3, 0.4) is 0 Å². The van der Waals surface area contributed by atoms with Crippen molar-refractivity contribution in [3.8, 4) is 0 Å². The molecule has 0 unspecified atom stereocenters. The first kappa shape index (κ1) is 12.6. The minimum Gasteiger partial charge on any atom is -0.329 e. The first-order valence-electron chi connectivity index (χ1n) is 5.78. The van der Waals surface area contributed by atoms with Crippen LogP contribution in [0.2, 0.25) is 0 Å². The highest BCUT2D eigenvalue weighted by atomic mass is 79.9. The number of aryl methyl sites for hydroxylation is 2. The fourth-order valence-corrected chi connectivity index (χ4v) is 2.73. The van der Waals surface area contributed by atoms with Crippen LogP contribution in [0.1, 0.15) is 11.3 Å². The molecule has 0 aliphatic heterocycles. The first-order chi connectivity index (χ1) is 9.04. The topological polar surface area (TPSA) is 51.4 Å². The maximum absolute atomic E-state index is 5.37. The van der Waals surface area contributed by atoms with E-state index in [0.717, 1.165) is 26.9 Å². The van der Waals surface area contributed by atoms with Gasteiger partial charge < -0.3 is 4.98 Å². The molecule has 5 nitrogen and oxygen atoms in total. The summed E-state index contributed by atoms with van der Waals surface area (Å²) in [4.78, 5) is 7.60. The Bertz CT molecular complexity index is 813. The van der Waals surface area contributed by atoms with Crippen molar-refractivity contribution in [2.24, 2.45) is 7.05 Å². The molecule has 3 aromatic rings. The van der Waals surface area contributed by atoms with Crippen molar-refractivity contribution in [3.05, 3.63) is 39.0 Å². The molecule has 7 heteroatoms. The Morgan fingerprint density at radius 2 is 2.26 bits per heavy atom. The summed E-state index contributed by atoms with van der Waals surface area (Å²) in [6.45, 7) is 2.67. The average molecular weight is 338 g/mol. The standard InChI is InChI=1S/C12H12BrN5S/c1-7-8(5-17(2)16-7)6-18-11-10(15-12(18)19)3-9(13)4-14-11/h3-5H,6H2,1-2H3,(H,15,19). The maximum atomic E-state index is 5.37. The van der Waals surface area contributed by atoms with Crippen LogP contribution in [0.25, 0.3) is 11.2 Å². The summed E-state index contributed by atoms with van der Waals surface area (Å²) in [6.07, 6.45) is 3.78. The molecule has 0 bridgehead atoms. The highest BCUT2D eigenvalue weighted by Gasteiger charge is 2.10. The molecule has 0 saturated carbocycles. The van der Waals surface area contributed by atoms with E-state index < -0.39 is 0 Å². The first-order valence-corrected chi connectivity index (χ1v) is 6.98. The van der Waals surface area contributed by atoms with Crippen LogP contribution in [0, 0.1) is 11.7 Å². The zero-order valence-electron chi connectivity index (χ0n) is 10.5. The van der Waals surface area contributed by atoms with Gasteiger partial charge in [0.15, 0.2) is 10.4 Å². The van der Waals surface area contributed by atoms with E-state index in [9.17, 15) is 0 Å². The number of pyridine rings is 1. The molecule has 0 aliphatic rings. The Morgan fingerprint density at radius 1 is 1.47 bits per heavy atom. The number of imidazole rings is 1. The van der Waals surface area contributed by atoms with Crippen LogP contribution >= 0.6 is 28.1 Å². The number of fused-ring (bicyclic) bond motifs is 1. The van der Waals surface area contributed by atoms with Gasteiger partial charge in [0.25, 0.3) is 0 Å². The molecule has 0 spiro atoms. The van der Waals surface area contributed by atoms with Crippen LogP contribution in [-0.4, -0.2) is 24.3 Å². The van der Waals surface area contributed by atoms with Crippen molar-refractivity contribution < 1.29 is 0 Å². The third kappa shape index (κ3) is 2.23. The smallest absolute Gasteiger partial charge is 0.179 e. The van der Waals surface area contributed by atoms with Crippen LogP contribution < -0.4 is 0 Å². The minimum atomic E-state index is 0.670. The molecule has 0 aliphatic carbocycles. The second-order valence-electron chi connectivity index (χ2n) is 4.45. The number of rotatable bonds is 2. The molecule has 0 saturated heterocycles. The Morgan fingerprint density at radius 3 is 2.95 bits per heavy atom. The summed E-state index contributed by atoms with van der Waals surface area (Å²) in [5, 5.41) is 4.35. The van der Waals surface area contributed by atoms with Crippen LogP contribution in [-0.2, 0) is 13.6 Å². The molecule has 19 heavy (non-hydrogen) atoms. The van der Waals surface area contributed by atoms with E-state index in [-0.39, 0.29) is 0 Å². The van der Waals surface area contributed by atoms with Crippen molar-refractivity contribution in [1.82, 2.24) is 24.3 Å². The summed E-state index contributed by atoms with van der Waals surface area (Å²) >= 11 is 8.78. The number of aromatic nitrogens is 5. The lowest BCUT2D eigenvalue weighted by atomic mass is 10.2. The molecule has 0 aromatic carbocycles. The normalized spacial score (nSPS) is 11.3. The van der Waals surface area contributed by atoms with Crippen molar-refractivity contribution in [1.29, 1.82) is 0 Å². The minimum absolute atomic E-state index is 0.670. The number of hydrogen-bond donors (Lipinski definition) is 1. The van der Waals surface area contributed by atoms with E-state index in [1.807, 2.05) is 35.5 Å². The average Bonchev–Trinajstić information content (AvgIpc) is 2.80. The predicted molar refractivity (Wildman–Crippen MR) is 79.7 cm³/mol. The molecular weight excluding hydrogens is 326 g/mol. The van der Waals surface area contributed by atoms with Crippen molar-refractivity contribution in [2.45, 2.75) is 13.5 Å². The summed E-state index contributed by atoms with van der Waals surface area (Å²) in [5.41, 5.74) is 3.94. The number of nitrogens with one attached hydrogen (secondary N) is 1. The number of H-pyrrole nitrogens is 1. The predicted octanol–water partition coefficient (Wildman–Crippen LogP) is 2.95. The number of halogens is 1. The van der Waals surface area contributed by atoms with Crippen molar-refractivity contribution >= 4 is 39.3 Å². The molecular formula is C12H12BrN5S. The van der Waals surface area contributed by atoms with Gasteiger partial charge in [-0.1, -0.05) is 0 Å². The van der Waals surface area contributed by atoms with Gasteiger partial charge in [0, 0.05) is 29.5 Å². The second-order valence-corrected chi connectivity index (χ2v) is 5.76. The van der Waals surface area contributed by atoms with Gasteiger partial charge in [-0.3, -0.25) is 9.25 Å². The summed E-state index contributed by atoms with van der Waals surface area (Å²) in [5.74, 6) is 0. The lowest BCUT2D eigenvalue weighted by molar-refractivity contribution is 0.755. The Hall–Kier alpha value is -1.47. The lowest BCUT2D eigenvalue weighted by Crippen LogP contribution is -2.01. The highest BCUT2D eigenvalue weighted by molar-refractivity contribution is 9.10. The SMILES string of the molecule is Cc1nn(C)cc1Cn1c(=S)[nH]c2cc(Br)cnc21. The fraction of sp³-hybridized carbons (Fsp3) is 0.250. The number of nitrogens with zero attached hydrogens (tertiary/aromatic N) is 4. The van der Waals surface area contributed by atoms with Gasteiger partial charge in [-0.05, 0) is 41.1 Å². The Balaban J connectivity index is 2.13. The van der Waals surface area contributed by atoms with Crippen LogP contribution in [0.5, 0.6) is 0 Å². The quantitative estimate of drug-likeness (QED) is 0.731. The van der Waals surface area contributed by atoms with Gasteiger partial charge >= 0.3 is 0 Å². The molecule has 0 amide bonds. The highest BCUT2D eigenvalue weighted by Crippen LogP contribution is 2.18. The third-order valence-corrected chi connectivity index (χ3v) is 3.78. The third-order valence-electron chi connectivity index (χ3n) is 3.02. The van der Waals surface area contributed by atoms with Gasteiger partial charge in [0.1, 0.15) is 0 Å². The van der Waals surface area contributed by atoms with Crippen LogP contribution in [0.4, 0.5) is 0 Å². The maximum Gasteiger partial charge on any atom is 0.179 e. The van der Waals surface area contributed by atoms with E-state index in [0.29, 0.717) is 11.3 Å². The summed E-state index contributed by atoms with van der Waals surface area (Å²) in [7, 11) is 1.92. The number of aromatic amines is 1. The molecule has 0 radical (unpaired) electrons. The van der Waals surface area contributed by atoms with E-state index in [4.69, 9.17) is 12.2 Å². The Kier molecular flexibility index (Phi) is 3.02. The zero-order chi connectivity index (χ0) is 13.6. The summed E-state index contributed by atoms with van der Waals surface area (Å²) < 4.78 is 5.40. The summed E-state index contributed by atoms with van der Waals surface area (Å²) in [6, 6.07) is 1.98. The molecule has 3 rings (SSSR count). The van der Waals surface area contributed by atoms with Crippen molar-refractivity contribution in [2.75, 3.05) is 0 Å². The monoisotopic (exact) mass is 337 g/mol. The van der Waals surface area contributed by atoms with E-state index in [2.05, 4.69) is 31.0 Å². The Labute approximate surface area is 123 Å². The second kappa shape index (κ2) is 4.57. The van der Waals surface area contributed by atoms with Gasteiger partial charge in [-0.25, -0.2) is 4.98 Å². The molecule has 0 fully saturated rings. The largest absolute Gasteiger partial charge is 0.329 e. The molecule has 3 heterocycles. The number of hydrogen-bond acceptors (Lipinski definition) is 3. The van der Waals surface area contributed by atoms with Crippen molar-refractivity contribution in [3.63, 3.8) is 0 Å². The van der Waals surface area contributed by atoms with E-state index in [1.54, 1.807) is 6.20 Å². The van der Waals surface area contributed by atoms with E-state index in [1.165, 1.54) is 0 Å². The molecule has 98 valence electrons. The van der Waals surface area contributed by atoms with Gasteiger partial charge in [-0.2, -0.15) is 5.10 Å². The zero-order valence-corrected chi connectivity index (χ0v) is 12.9. The van der Waals surface area contributed by atoms with Crippen LogP contribution in [0.15, 0.2) is 22.9 Å².